The predicted octanol–water partition coefficient (Wildman–Crippen LogP) is 7.05. The van der Waals surface area contributed by atoms with Crippen molar-refractivity contribution in [1.82, 2.24) is 15.0 Å². The van der Waals surface area contributed by atoms with E-state index in [9.17, 15) is 14.0 Å². The van der Waals surface area contributed by atoms with E-state index >= 15 is 0 Å². The highest BCUT2D eigenvalue weighted by Gasteiger charge is 2.12. The third-order valence-corrected chi connectivity index (χ3v) is 7.61. The van der Waals surface area contributed by atoms with E-state index in [0.29, 0.717) is 71.3 Å². The second-order valence-corrected chi connectivity index (χ2v) is 10.9. The minimum atomic E-state index is -0.484. The molecule has 9 nitrogen and oxygen atoms in total. The van der Waals surface area contributed by atoms with Crippen molar-refractivity contribution in [1.29, 1.82) is 0 Å². The molecule has 0 N–H and O–H groups in total. The minimum Gasteiger partial charge on any atom is -0.494 e. The molecule has 0 fully saturated rings. The van der Waals surface area contributed by atoms with Crippen LogP contribution in [0.4, 0.5) is 4.39 Å². The van der Waals surface area contributed by atoms with Gasteiger partial charge >= 0.3 is 0 Å². The largest absolute Gasteiger partial charge is 0.494 e. The zero-order valence-electron chi connectivity index (χ0n) is 25.1. The van der Waals surface area contributed by atoms with Crippen LogP contribution in [-0.2, 0) is 13.0 Å². The van der Waals surface area contributed by atoms with E-state index in [4.69, 9.17) is 18.3 Å². The Bertz CT molecular complexity index is 2300. The summed E-state index contributed by atoms with van der Waals surface area (Å²) in [5.74, 6) is 1.57. The van der Waals surface area contributed by atoms with Gasteiger partial charge < -0.3 is 18.3 Å². The number of rotatable bonds is 11. The molecule has 0 unspecified atom stereocenters. The summed E-state index contributed by atoms with van der Waals surface area (Å²) in [6.07, 6.45) is 3.28. The molecule has 234 valence electrons. The van der Waals surface area contributed by atoms with E-state index < -0.39 is 5.82 Å². The Hall–Kier alpha value is -6.03. The fraction of sp³-hybridized carbons (Fsp3) is 0.135. The van der Waals surface area contributed by atoms with Crippen LogP contribution < -0.4 is 20.3 Å². The van der Waals surface area contributed by atoms with Gasteiger partial charge in [-0.25, -0.2) is 9.07 Å². The first-order valence-corrected chi connectivity index (χ1v) is 15.1. The summed E-state index contributed by atoms with van der Waals surface area (Å²) in [6.45, 7) is 1.24. The molecule has 0 amide bonds. The Kier molecular flexibility index (Phi) is 8.29. The van der Waals surface area contributed by atoms with Gasteiger partial charge in [0.25, 0.3) is 0 Å². The monoisotopic (exact) mass is 629 g/mol. The average Bonchev–Trinajstić information content (AvgIpc) is 3.55. The lowest BCUT2D eigenvalue weighted by Gasteiger charge is -2.09. The number of fused-ring (bicyclic) bond motifs is 2. The molecule has 0 bridgehead atoms. The van der Waals surface area contributed by atoms with E-state index in [-0.39, 0.29) is 16.2 Å². The van der Waals surface area contributed by atoms with Crippen molar-refractivity contribution in [3.05, 3.63) is 141 Å². The molecular formula is C37H28FN3O6. The maximum absolute atomic E-state index is 13.5. The molecule has 4 aromatic carbocycles. The van der Waals surface area contributed by atoms with E-state index in [1.807, 2.05) is 60.8 Å². The number of ether oxygens (including phenoxy) is 2. The van der Waals surface area contributed by atoms with Gasteiger partial charge in [-0.15, -0.1) is 5.10 Å². The Morgan fingerprint density at radius 1 is 0.723 bits per heavy atom. The number of aryl methyl sites for hydroxylation is 1. The van der Waals surface area contributed by atoms with Gasteiger partial charge in [0.2, 0.25) is 0 Å². The van der Waals surface area contributed by atoms with Gasteiger partial charge in [0.15, 0.2) is 22.2 Å². The molecule has 0 aliphatic rings. The van der Waals surface area contributed by atoms with Crippen molar-refractivity contribution in [3.63, 3.8) is 0 Å². The molecule has 3 heterocycles. The van der Waals surface area contributed by atoms with Crippen LogP contribution in [0.5, 0.6) is 11.5 Å². The second-order valence-electron chi connectivity index (χ2n) is 10.9. The van der Waals surface area contributed by atoms with Crippen molar-refractivity contribution in [2.45, 2.75) is 19.4 Å². The predicted molar refractivity (Wildman–Crippen MR) is 175 cm³/mol. The summed E-state index contributed by atoms with van der Waals surface area (Å²) in [6, 6.07) is 28.7. The zero-order valence-corrected chi connectivity index (χ0v) is 25.1. The highest BCUT2D eigenvalue weighted by atomic mass is 19.1. The summed E-state index contributed by atoms with van der Waals surface area (Å²) in [5, 5.41) is 9.13. The molecule has 0 atom stereocenters. The molecule has 7 aromatic rings. The van der Waals surface area contributed by atoms with E-state index in [2.05, 4.69) is 10.3 Å². The second kappa shape index (κ2) is 13.1. The zero-order chi connectivity index (χ0) is 32.2. The summed E-state index contributed by atoms with van der Waals surface area (Å²) < 4.78 is 39.0. The summed E-state index contributed by atoms with van der Waals surface area (Å²) in [5.41, 5.74) is 2.66. The van der Waals surface area contributed by atoms with Crippen LogP contribution in [0.25, 0.3) is 44.6 Å². The maximum Gasteiger partial charge on any atom is 0.193 e. The van der Waals surface area contributed by atoms with E-state index in [1.165, 1.54) is 30.3 Å². The van der Waals surface area contributed by atoms with Gasteiger partial charge in [0.1, 0.15) is 35.3 Å². The molecule has 0 saturated heterocycles. The van der Waals surface area contributed by atoms with Crippen molar-refractivity contribution in [2.24, 2.45) is 0 Å². The van der Waals surface area contributed by atoms with Gasteiger partial charge in [-0.2, -0.15) is 0 Å². The first kappa shape index (κ1) is 29.7. The van der Waals surface area contributed by atoms with Gasteiger partial charge in [-0.05, 0) is 67.4 Å². The van der Waals surface area contributed by atoms with E-state index in [0.717, 1.165) is 17.7 Å². The van der Waals surface area contributed by atoms with Crippen LogP contribution in [0, 0.1) is 5.82 Å². The van der Waals surface area contributed by atoms with Gasteiger partial charge in [0.05, 0.1) is 29.6 Å². The van der Waals surface area contributed by atoms with Crippen molar-refractivity contribution in [3.8, 4) is 34.1 Å². The lowest BCUT2D eigenvalue weighted by Crippen LogP contribution is -2.09. The highest BCUT2D eigenvalue weighted by molar-refractivity contribution is 5.84. The molecule has 0 spiro atoms. The minimum absolute atomic E-state index is 0.131. The maximum atomic E-state index is 13.5. The Balaban J connectivity index is 0.903. The lowest BCUT2D eigenvalue weighted by molar-refractivity contribution is 0.289. The SMILES string of the molecule is O=c1cc(-c2ccc(OCCCc3cn(CCOc4cccc5c(=O)cc(-c6ccccc6)oc45)nn3)cc2)oc2ccc(F)cc12. The Morgan fingerprint density at radius 2 is 1.49 bits per heavy atom. The van der Waals surface area contributed by atoms with Crippen molar-refractivity contribution in [2.75, 3.05) is 13.2 Å². The van der Waals surface area contributed by atoms with Gasteiger partial charge in [-0.3, -0.25) is 9.59 Å². The summed E-state index contributed by atoms with van der Waals surface area (Å²) >= 11 is 0. The van der Waals surface area contributed by atoms with Crippen LogP contribution in [0.15, 0.2) is 128 Å². The number of nitrogens with zero attached hydrogens (tertiary/aromatic N) is 3. The number of para-hydroxylation sites is 1. The number of hydrogen-bond donors (Lipinski definition) is 0. The normalized spacial score (nSPS) is 11.3. The fourth-order valence-corrected chi connectivity index (χ4v) is 5.25. The van der Waals surface area contributed by atoms with Crippen LogP contribution >= 0.6 is 0 Å². The average molecular weight is 630 g/mol. The third kappa shape index (κ3) is 6.67. The Morgan fingerprint density at radius 3 is 2.32 bits per heavy atom. The molecule has 0 radical (unpaired) electrons. The smallest absolute Gasteiger partial charge is 0.193 e. The van der Waals surface area contributed by atoms with Crippen LogP contribution in [0.1, 0.15) is 12.1 Å². The van der Waals surface area contributed by atoms with Crippen LogP contribution in [-0.4, -0.2) is 28.2 Å². The first-order chi connectivity index (χ1) is 23.0. The summed E-state index contributed by atoms with van der Waals surface area (Å²) in [4.78, 5) is 25.2. The quantitative estimate of drug-likeness (QED) is 0.140. The van der Waals surface area contributed by atoms with E-state index in [1.54, 1.807) is 22.9 Å². The fourth-order valence-electron chi connectivity index (χ4n) is 5.25. The van der Waals surface area contributed by atoms with Gasteiger partial charge in [-0.1, -0.05) is 41.6 Å². The summed E-state index contributed by atoms with van der Waals surface area (Å²) in [7, 11) is 0. The van der Waals surface area contributed by atoms with Crippen molar-refractivity contribution < 1.29 is 22.7 Å². The number of aromatic nitrogens is 3. The Labute approximate surface area is 267 Å². The molecular weight excluding hydrogens is 601 g/mol. The van der Waals surface area contributed by atoms with Crippen molar-refractivity contribution >= 4 is 21.9 Å². The molecule has 3 aromatic heterocycles. The number of halogens is 1. The molecule has 0 saturated carbocycles. The third-order valence-electron chi connectivity index (χ3n) is 7.61. The lowest BCUT2D eigenvalue weighted by atomic mass is 10.1. The molecule has 47 heavy (non-hydrogen) atoms. The first-order valence-electron chi connectivity index (χ1n) is 15.1. The molecule has 10 heteroatoms. The standard InChI is InChI=1S/C37H28FN3O6/c38-26-13-16-33-30(20-26)32(43)22-35(46-33)25-11-14-28(15-12-25)44-18-5-8-27-23-41(40-39-27)17-19-45-34-10-4-9-29-31(42)21-36(47-37(29)34)24-6-2-1-3-7-24/h1-4,6-7,9-16,20-23H,5,8,17-19H2. The van der Waals surface area contributed by atoms with Crippen LogP contribution in [0.3, 0.4) is 0 Å². The molecule has 0 aliphatic heterocycles. The number of hydrogen-bond acceptors (Lipinski definition) is 8. The van der Waals surface area contributed by atoms with Crippen LogP contribution in [0.2, 0.25) is 0 Å². The number of benzene rings is 4. The highest BCUT2D eigenvalue weighted by Crippen LogP contribution is 2.29. The topological polar surface area (TPSA) is 110 Å². The molecule has 0 aliphatic carbocycles. The molecule has 7 rings (SSSR count). The van der Waals surface area contributed by atoms with Gasteiger partial charge in [0, 0.05) is 29.5 Å².